The molecule has 1 N–H and O–H groups in total. The van der Waals surface area contributed by atoms with E-state index < -0.39 is 0 Å². The molecule has 0 aliphatic carbocycles. The normalized spacial score (nSPS) is 11.1. The number of aliphatic hydroxyl groups is 1. The van der Waals surface area contributed by atoms with E-state index in [1.165, 1.54) is 5.56 Å². The molecule has 0 bridgehead atoms. The highest BCUT2D eigenvalue weighted by Gasteiger charge is 2.15. The van der Waals surface area contributed by atoms with Gasteiger partial charge in [-0.15, -0.1) is 6.42 Å². The summed E-state index contributed by atoms with van der Waals surface area (Å²) in [6, 6.07) is 17.0. The fourth-order valence-electron chi connectivity index (χ4n) is 3.62. The molecule has 6 heteroatoms. The molecule has 0 saturated carbocycles. The molecule has 0 radical (unpaired) electrons. The van der Waals surface area contributed by atoms with E-state index in [2.05, 4.69) is 36.9 Å². The van der Waals surface area contributed by atoms with Crippen LogP contribution in [0.3, 0.4) is 0 Å². The summed E-state index contributed by atoms with van der Waals surface area (Å²) in [5.74, 6) is 4.47. The van der Waals surface area contributed by atoms with Gasteiger partial charge in [-0.2, -0.15) is 4.98 Å². The number of aromatic nitrogens is 2. The number of aliphatic hydroxyl groups excluding tert-OH is 1. The van der Waals surface area contributed by atoms with Gasteiger partial charge in [0, 0.05) is 10.9 Å². The molecule has 0 spiro atoms. The van der Waals surface area contributed by atoms with Gasteiger partial charge in [0.2, 0.25) is 0 Å². The maximum atomic E-state index is 13.0. The zero-order valence-corrected chi connectivity index (χ0v) is 18.0. The van der Waals surface area contributed by atoms with Crippen molar-refractivity contribution in [2.75, 3.05) is 6.61 Å². The van der Waals surface area contributed by atoms with Crippen LogP contribution in [0.2, 0.25) is 0 Å². The Hall–Kier alpha value is -3.82. The second kappa shape index (κ2) is 9.13. The van der Waals surface area contributed by atoms with Gasteiger partial charge in [-0.05, 0) is 41.8 Å². The zero-order valence-electron chi connectivity index (χ0n) is 18.0. The van der Waals surface area contributed by atoms with Crippen LogP contribution in [0.5, 0.6) is 5.75 Å². The lowest BCUT2D eigenvalue weighted by Crippen LogP contribution is -2.24. The molecule has 2 heterocycles. The van der Waals surface area contributed by atoms with Crippen LogP contribution in [0.15, 0.2) is 63.8 Å². The van der Waals surface area contributed by atoms with Gasteiger partial charge in [-0.25, -0.2) is 4.79 Å². The molecule has 4 rings (SSSR count). The number of benzene rings is 2. The molecule has 0 unspecified atom stereocenters. The van der Waals surface area contributed by atoms with Crippen LogP contribution in [0.4, 0.5) is 0 Å². The second-order valence-corrected chi connectivity index (χ2v) is 7.80. The minimum Gasteiger partial charge on any atom is -0.481 e. The topological polar surface area (TPSA) is 77.5 Å². The molecule has 32 heavy (non-hydrogen) atoms. The predicted octanol–water partition coefficient (Wildman–Crippen LogP) is 4.33. The number of hydrogen-bond donors (Lipinski definition) is 1. The van der Waals surface area contributed by atoms with Crippen molar-refractivity contribution in [2.24, 2.45) is 0 Å². The quantitative estimate of drug-likeness (QED) is 0.443. The summed E-state index contributed by atoms with van der Waals surface area (Å²) < 4.78 is 12.7. The van der Waals surface area contributed by atoms with E-state index in [1.54, 1.807) is 22.8 Å². The first kappa shape index (κ1) is 21.4. The summed E-state index contributed by atoms with van der Waals surface area (Å²) in [7, 11) is 0. The zero-order chi connectivity index (χ0) is 22.7. The number of furan rings is 1. The Kier molecular flexibility index (Phi) is 6.11. The van der Waals surface area contributed by atoms with Crippen LogP contribution in [0.25, 0.3) is 22.2 Å². The minimum absolute atomic E-state index is 0.146. The Morgan fingerprint density at radius 1 is 1.12 bits per heavy atom. The van der Waals surface area contributed by atoms with Crippen LogP contribution in [0, 0.1) is 12.3 Å². The van der Waals surface area contributed by atoms with E-state index in [4.69, 9.17) is 15.6 Å². The number of nitrogens with zero attached hydrogens (tertiary/aromatic N) is 2. The molecule has 2 aromatic carbocycles. The van der Waals surface area contributed by atoms with Gasteiger partial charge in [0.1, 0.15) is 30.5 Å². The SMILES string of the molecule is C#CCOc1ccc2c(c1)c(-c1ccc(C(C)C)cc1)nc(=O)n2Cc1ccc(CO)o1. The molecule has 0 aliphatic rings. The van der Waals surface area contributed by atoms with Gasteiger partial charge < -0.3 is 14.3 Å². The second-order valence-electron chi connectivity index (χ2n) is 7.80. The van der Waals surface area contributed by atoms with Crippen molar-refractivity contribution in [3.05, 3.63) is 82.2 Å². The van der Waals surface area contributed by atoms with Crippen LogP contribution in [-0.4, -0.2) is 21.3 Å². The van der Waals surface area contributed by atoms with Gasteiger partial charge in [0.15, 0.2) is 0 Å². The van der Waals surface area contributed by atoms with Gasteiger partial charge in [-0.3, -0.25) is 4.57 Å². The first-order valence-corrected chi connectivity index (χ1v) is 10.4. The summed E-state index contributed by atoms with van der Waals surface area (Å²) >= 11 is 0. The third kappa shape index (κ3) is 4.29. The number of terminal acetylenes is 1. The Bertz CT molecular complexity index is 1340. The molecule has 0 atom stereocenters. The highest BCUT2D eigenvalue weighted by Crippen LogP contribution is 2.30. The van der Waals surface area contributed by atoms with Crippen molar-refractivity contribution in [1.82, 2.24) is 9.55 Å². The van der Waals surface area contributed by atoms with E-state index in [1.807, 2.05) is 24.3 Å². The van der Waals surface area contributed by atoms with Gasteiger partial charge in [-0.1, -0.05) is 44.0 Å². The first-order chi connectivity index (χ1) is 15.5. The van der Waals surface area contributed by atoms with Crippen molar-refractivity contribution < 1.29 is 14.3 Å². The summed E-state index contributed by atoms with van der Waals surface area (Å²) in [5.41, 5.74) is 2.95. The lowest BCUT2D eigenvalue weighted by Gasteiger charge is -2.14. The monoisotopic (exact) mass is 428 g/mol. The van der Waals surface area contributed by atoms with Crippen molar-refractivity contribution in [3.63, 3.8) is 0 Å². The highest BCUT2D eigenvalue weighted by molar-refractivity contribution is 5.93. The van der Waals surface area contributed by atoms with E-state index in [0.717, 1.165) is 10.9 Å². The molecular formula is C26H24N2O4. The van der Waals surface area contributed by atoms with Crippen LogP contribution in [-0.2, 0) is 13.2 Å². The molecule has 6 nitrogen and oxygen atoms in total. The maximum Gasteiger partial charge on any atom is 0.349 e. The Morgan fingerprint density at radius 3 is 2.53 bits per heavy atom. The van der Waals surface area contributed by atoms with E-state index >= 15 is 0 Å². The van der Waals surface area contributed by atoms with Crippen LogP contribution in [0.1, 0.15) is 36.8 Å². The van der Waals surface area contributed by atoms with Crippen LogP contribution >= 0.6 is 0 Å². The predicted molar refractivity (Wildman–Crippen MR) is 124 cm³/mol. The van der Waals surface area contributed by atoms with Gasteiger partial charge in [0.25, 0.3) is 0 Å². The van der Waals surface area contributed by atoms with E-state index in [9.17, 15) is 9.90 Å². The summed E-state index contributed by atoms with van der Waals surface area (Å²) in [6.07, 6.45) is 5.33. The molecule has 0 aliphatic heterocycles. The molecular weight excluding hydrogens is 404 g/mol. The number of hydrogen-bond acceptors (Lipinski definition) is 5. The smallest absolute Gasteiger partial charge is 0.349 e. The first-order valence-electron chi connectivity index (χ1n) is 10.4. The lowest BCUT2D eigenvalue weighted by atomic mass is 9.99. The average Bonchev–Trinajstić information content (AvgIpc) is 3.27. The fraction of sp³-hybridized carbons (Fsp3) is 0.231. The van der Waals surface area contributed by atoms with Crippen molar-refractivity contribution in [2.45, 2.75) is 32.9 Å². The van der Waals surface area contributed by atoms with Crippen molar-refractivity contribution >= 4 is 10.9 Å². The van der Waals surface area contributed by atoms with Crippen molar-refractivity contribution in [1.29, 1.82) is 0 Å². The standard InChI is InChI=1S/C26H24N2O4/c1-4-13-31-20-11-12-24-23(14-20)25(19-7-5-18(6-8-19)17(2)3)27-26(30)28(24)15-21-9-10-22(16-29)32-21/h1,5-12,14,17,29H,13,15-16H2,2-3H3. The third-order valence-corrected chi connectivity index (χ3v) is 5.31. The summed E-state index contributed by atoms with van der Waals surface area (Å²) in [4.78, 5) is 17.5. The number of ether oxygens (including phenoxy) is 1. The molecule has 2 aromatic heterocycles. The lowest BCUT2D eigenvalue weighted by molar-refractivity contribution is 0.243. The Labute approximate surface area is 186 Å². The fourth-order valence-corrected chi connectivity index (χ4v) is 3.62. The van der Waals surface area contributed by atoms with Crippen LogP contribution < -0.4 is 10.4 Å². The van der Waals surface area contributed by atoms with E-state index in [-0.39, 0.29) is 25.4 Å². The maximum absolute atomic E-state index is 13.0. The Balaban J connectivity index is 1.87. The molecule has 0 amide bonds. The third-order valence-electron chi connectivity index (χ3n) is 5.31. The average molecular weight is 428 g/mol. The summed E-state index contributed by atoms with van der Waals surface area (Å²) in [5, 5.41) is 10.0. The molecule has 0 fully saturated rings. The molecule has 162 valence electrons. The number of rotatable bonds is 7. The van der Waals surface area contributed by atoms with E-state index in [0.29, 0.717) is 34.4 Å². The summed E-state index contributed by atoms with van der Waals surface area (Å²) in [6.45, 7) is 4.41. The number of fused-ring (bicyclic) bond motifs is 1. The minimum atomic E-state index is -0.389. The molecule has 4 aromatic rings. The van der Waals surface area contributed by atoms with Gasteiger partial charge >= 0.3 is 5.69 Å². The Morgan fingerprint density at radius 2 is 1.88 bits per heavy atom. The largest absolute Gasteiger partial charge is 0.481 e. The van der Waals surface area contributed by atoms with Crippen molar-refractivity contribution in [3.8, 4) is 29.4 Å². The highest BCUT2D eigenvalue weighted by atomic mass is 16.5. The molecule has 0 saturated heterocycles. The van der Waals surface area contributed by atoms with Gasteiger partial charge in [0.05, 0.1) is 17.8 Å².